The number of carbonyl (C=O) groups is 1. The molecule has 2 heterocycles. The number of hydrogen-bond acceptors (Lipinski definition) is 4. The van der Waals surface area contributed by atoms with E-state index in [9.17, 15) is 4.79 Å². The number of rotatable bonds is 4. The van der Waals surface area contributed by atoms with Gasteiger partial charge in [-0.05, 0) is 42.8 Å². The average molecular weight is 345 g/mol. The molecule has 24 heavy (non-hydrogen) atoms. The van der Waals surface area contributed by atoms with Crippen LogP contribution in [0.15, 0.2) is 42.6 Å². The van der Waals surface area contributed by atoms with Gasteiger partial charge in [0.15, 0.2) is 0 Å². The molecule has 6 heteroatoms. The summed E-state index contributed by atoms with van der Waals surface area (Å²) in [5.41, 5.74) is 1.78. The predicted octanol–water partition coefficient (Wildman–Crippen LogP) is 3.13. The largest absolute Gasteiger partial charge is 0.369 e. The van der Waals surface area contributed by atoms with Crippen molar-refractivity contribution in [2.45, 2.75) is 12.5 Å². The summed E-state index contributed by atoms with van der Waals surface area (Å²) >= 11 is 5.94. The molecule has 1 aromatic carbocycles. The molecule has 1 aliphatic heterocycles. The Morgan fingerprint density at radius 1 is 1.25 bits per heavy atom. The standard InChI is InChI=1S/C18H21ClN4O/c1-22(2)18(24)13-3-8-17(20-11-13)21-15-9-10-23(12-15)16-6-4-14(19)5-7-16/h3-8,11,15H,9-10,12H2,1-2H3,(H,20,21)/t15-/m0/s1. The number of carbonyl (C=O) groups excluding carboxylic acids is 1. The fourth-order valence-corrected chi connectivity index (χ4v) is 2.96. The first kappa shape index (κ1) is 16.6. The van der Waals surface area contributed by atoms with Gasteiger partial charge in [-0.2, -0.15) is 0 Å². The zero-order valence-electron chi connectivity index (χ0n) is 13.9. The highest BCUT2D eigenvalue weighted by Crippen LogP contribution is 2.23. The lowest BCUT2D eigenvalue weighted by Crippen LogP contribution is -2.26. The van der Waals surface area contributed by atoms with Gasteiger partial charge >= 0.3 is 0 Å². The molecule has 0 unspecified atom stereocenters. The lowest BCUT2D eigenvalue weighted by atomic mass is 10.2. The van der Waals surface area contributed by atoms with E-state index < -0.39 is 0 Å². The Morgan fingerprint density at radius 3 is 2.62 bits per heavy atom. The van der Waals surface area contributed by atoms with Crippen molar-refractivity contribution in [3.05, 3.63) is 53.2 Å². The second-order valence-corrected chi connectivity index (χ2v) is 6.62. The maximum Gasteiger partial charge on any atom is 0.254 e. The fraction of sp³-hybridized carbons (Fsp3) is 0.333. The zero-order chi connectivity index (χ0) is 17.1. The van der Waals surface area contributed by atoms with E-state index in [0.717, 1.165) is 30.4 Å². The van der Waals surface area contributed by atoms with Crippen LogP contribution in [0.5, 0.6) is 0 Å². The van der Waals surface area contributed by atoms with Gasteiger partial charge in [-0.25, -0.2) is 4.98 Å². The summed E-state index contributed by atoms with van der Waals surface area (Å²) in [6, 6.07) is 11.9. The van der Waals surface area contributed by atoms with Crippen LogP contribution in [0.4, 0.5) is 11.5 Å². The van der Waals surface area contributed by atoms with Crippen molar-refractivity contribution < 1.29 is 4.79 Å². The van der Waals surface area contributed by atoms with Crippen LogP contribution in [0.25, 0.3) is 0 Å². The van der Waals surface area contributed by atoms with E-state index in [4.69, 9.17) is 11.6 Å². The van der Waals surface area contributed by atoms with Gasteiger partial charge in [0.05, 0.1) is 5.56 Å². The van der Waals surface area contributed by atoms with Crippen LogP contribution in [-0.4, -0.2) is 49.0 Å². The number of amides is 1. The van der Waals surface area contributed by atoms with E-state index in [1.165, 1.54) is 5.69 Å². The van der Waals surface area contributed by atoms with Gasteiger partial charge in [0, 0.05) is 50.1 Å². The Labute approximate surface area is 147 Å². The van der Waals surface area contributed by atoms with Gasteiger partial charge in [0.2, 0.25) is 0 Å². The number of benzene rings is 1. The number of pyridine rings is 1. The zero-order valence-corrected chi connectivity index (χ0v) is 14.6. The molecule has 1 aromatic heterocycles. The summed E-state index contributed by atoms with van der Waals surface area (Å²) in [5, 5.41) is 4.20. The Bertz CT molecular complexity index is 700. The number of anilines is 2. The maximum absolute atomic E-state index is 11.9. The van der Waals surface area contributed by atoms with Crippen molar-refractivity contribution in [1.82, 2.24) is 9.88 Å². The molecule has 2 aromatic rings. The third kappa shape index (κ3) is 3.79. The van der Waals surface area contributed by atoms with Crippen LogP contribution in [-0.2, 0) is 0 Å². The van der Waals surface area contributed by atoms with E-state index in [0.29, 0.717) is 11.6 Å². The second kappa shape index (κ2) is 7.09. The van der Waals surface area contributed by atoms with E-state index in [2.05, 4.69) is 15.2 Å². The molecule has 0 aliphatic carbocycles. The molecule has 1 saturated heterocycles. The maximum atomic E-state index is 11.9. The Balaban J connectivity index is 1.59. The van der Waals surface area contributed by atoms with Crippen molar-refractivity contribution in [3.63, 3.8) is 0 Å². The van der Waals surface area contributed by atoms with E-state index in [-0.39, 0.29) is 5.91 Å². The molecule has 1 atom stereocenters. The molecule has 0 saturated carbocycles. The quantitative estimate of drug-likeness (QED) is 0.925. The minimum absolute atomic E-state index is 0.0381. The number of nitrogens with zero attached hydrogens (tertiary/aromatic N) is 3. The molecule has 126 valence electrons. The molecular formula is C18H21ClN4O. The third-order valence-electron chi connectivity index (χ3n) is 4.15. The van der Waals surface area contributed by atoms with Crippen LogP contribution in [0.3, 0.4) is 0 Å². The molecule has 0 spiro atoms. The average Bonchev–Trinajstić information content (AvgIpc) is 3.04. The Hall–Kier alpha value is -2.27. The lowest BCUT2D eigenvalue weighted by Gasteiger charge is -2.19. The smallest absolute Gasteiger partial charge is 0.254 e. The van der Waals surface area contributed by atoms with Gasteiger partial charge in [0.1, 0.15) is 5.82 Å². The molecule has 5 nitrogen and oxygen atoms in total. The Kier molecular flexibility index (Phi) is 4.90. The summed E-state index contributed by atoms with van der Waals surface area (Å²) in [5.74, 6) is 0.761. The summed E-state index contributed by atoms with van der Waals surface area (Å²) in [7, 11) is 3.47. The van der Waals surface area contributed by atoms with Crippen LogP contribution >= 0.6 is 11.6 Å². The highest BCUT2D eigenvalue weighted by Gasteiger charge is 2.23. The van der Waals surface area contributed by atoms with Crippen LogP contribution < -0.4 is 10.2 Å². The molecule has 0 radical (unpaired) electrons. The van der Waals surface area contributed by atoms with Crippen molar-refractivity contribution in [2.24, 2.45) is 0 Å². The van der Waals surface area contributed by atoms with Crippen LogP contribution in [0.1, 0.15) is 16.8 Å². The molecular weight excluding hydrogens is 324 g/mol. The van der Waals surface area contributed by atoms with Gasteiger partial charge in [0.25, 0.3) is 5.91 Å². The first-order chi connectivity index (χ1) is 11.5. The highest BCUT2D eigenvalue weighted by molar-refractivity contribution is 6.30. The summed E-state index contributed by atoms with van der Waals surface area (Å²) in [4.78, 5) is 20.1. The van der Waals surface area contributed by atoms with E-state index >= 15 is 0 Å². The van der Waals surface area contributed by atoms with Crippen molar-refractivity contribution >= 4 is 29.0 Å². The summed E-state index contributed by atoms with van der Waals surface area (Å²) < 4.78 is 0. The number of nitrogens with one attached hydrogen (secondary N) is 1. The van der Waals surface area contributed by atoms with Crippen LogP contribution in [0, 0.1) is 0 Å². The topological polar surface area (TPSA) is 48.5 Å². The molecule has 1 fully saturated rings. The number of halogens is 1. The first-order valence-corrected chi connectivity index (χ1v) is 8.35. The summed E-state index contributed by atoms with van der Waals surface area (Å²) in [6.07, 6.45) is 2.67. The molecule has 1 N–H and O–H groups in total. The van der Waals surface area contributed by atoms with Crippen LogP contribution in [0.2, 0.25) is 5.02 Å². The molecule has 1 aliphatic rings. The third-order valence-corrected chi connectivity index (χ3v) is 4.40. The van der Waals surface area contributed by atoms with Gasteiger partial charge < -0.3 is 15.1 Å². The van der Waals surface area contributed by atoms with Gasteiger partial charge in [-0.3, -0.25) is 4.79 Å². The highest BCUT2D eigenvalue weighted by atomic mass is 35.5. The second-order valence-electron chi connectivity index (χ2n) is 6.18. The van der Waals surface area contributed by atoms with E-state index in [1.807, 2.05) is 36.4 Å². The SMILES string of the molecule is CN(C)C(=O)c1ccc(N[C@H]2CCN(c3ccc(Cl)cc3)C2)nc1. The molecule has 0 bridgehead atoms. The lowest BCUT2D eigenvalue weighted by molar-refractivity contribution is 0.0827. The minimum Gasteiger partial charge on any atom is -0.369 e. The van der Waals surface area contributed by atoms with Crippen molar-refractivity contribution in [2.75, 3.05) is 37.4 Å². The Morgan fingerprint density at radius 2 is 2.00 bits per heavy atom. The van der Waals surface area contributed by atoms with Crippen molar-refractivity contribution in [3.8, 4) is 0 Å². The van der Waals surface area contributed by atoms with Crippen molar-refractivity contribution in [1.29, 1.82) is 0 Å². The number of hydrogen-bond donors (Lipinski definition) is 1. The van der Waals surface area contributed by atoms with E-state index in [1.54, 1.807) is 25.2 Å². The summed E-state index contributed by atoms with van der Waals surface area (Å²) in [6.45, 7) is 1.91. The van der Waals surface area contributed by atoms with Gasteiger partial charge in [-0.15, -0.1) is 0 Å². The molecule has 3 rings (SSSR count). The normalized spacial score (nSPS) is 17.0. The van der Waals surface area contributed by atoms with Gasteiger partial charge in [-0.1, -0.05) is 11.6 Å². The predicted molar refractivity (Wildman–Crippen MR) is 97.9 cm³/mol. The monoisotopic (exact) mass is 344 g/mol. The first-order valence-electron chi connectivity index (χ1n) is 7.97. The minimum atomic E-state index is -0.0381. The number of aromatic nitrogens is 1. The molecule has 1 amide bonds. The fourth-order valence-electron chi connectivity index (χ4n) is 2.84.